The summed E-state index contributed by atoms with van der Waals surface area (Å²) >= 11 is 1.56. The molecule has 0 bridgehead atoms. The molecule has 32 heavy (non-hydrogen) atoms. The van der Waals surface area contributed by atoms with Gasteiger partial charge in [0.15, 0.2) is 0 Å². The first kappa shape index (κ1) is 20.1. The molecule has 2 aromatic heterocycles. The minimum Gasteiger partial charge on any atom is -0.330 e. The molecule has 5 aromatic rings. The molecule has 3 aromatic carbocycles. The molecule has 0 spiro atoms. The fourth-order valence-corrected chi connectivity index (χ4v) is 4.68. The van der Waals surface area contributed by atoms with Crippen LogP contribution in [0.2, 0.25) is 0 Å². The molecule has 0 aliphatic rings. The standard InChI is InChI=1S/C27H21N3OS/c31-27(30(18-20-10-3-1-4-11-20)19-21-12-5-2-6-13-21)22-14-9-17-28-25(22)26-29-23-15-7-8-16-24(23)32-26/h1-17H,18-19H2. The van der Waals surface area contributed by atoms with Gasteiger partial charge in [0, 0.05) is 19.3 Å². The van der Waals surface area contributed by atoms with E-state index >= 15 is 0 Å². The summed E-state index contributed by atoms with van der Waals surface area (Å²) in [5.41, 5.74) is 4.29. The van der Waals surface area contributed by atoms with E-state index in [9.17, 15) is 4.79 Å². The van der Waals surface area contributed by atoms with E-state index in [0.717, 1.165) is 26.4 Å². The van der Waals surface area contributed by atoms with Gasteiger partial charge in [-0.05, 0) is 35.4 Å². The maximum absolute atomic E-state index is 13.8. The van der Waals surface area contributed by atoms with Crippen molar-refractivity contribution < 1.29 is 4.79 Å². The van der Waals surface area contributed by atoms with Gasteiger partial charge in [-0.3, -0.25) is 9.78 Å². The lowest BCUT2D eigenvalue weighted by Crippen LogP contribution is -2.30. The number of pyridine rings is 1. The lowest BCUT2D eigenvalue weighted by atomic mass is 10.1. The molecular weight excluding hydrogens is 414 g/mol. The van der Waals surface area contributed by atoms with E-state index in [4.69, 9.17) is 4.98 Å². The molecule has 0 saturated carbocycles. The largest absolute Gasteiger partial charge is 0.330 e. The van der Waals surface area contributed by atoms with Crippen LogP contribution < -0.4 is 0 Å². The number of aromatic nitrogens is 2. The van der Waals surface area contributed by atoms with Crippen molar-refractivity contribution in [2.75, 3.05) is 0 Å². The van der Waals surface area contributed by atoms with Gasteiger partial charge >= 0.3 is 0 Å². The molecule has 0 unspecified atom stereocenters. The van der Waals surface area contributed by atoms with Crippen LogP contribution in [0.15, 0.2) is 103 Å². The molecule has 5 heteroatoms. The molecule has 0 N–H and O–H groups in total. The van der Waals surface area contributed by atoms with Crippen LogP contribution in [0.1, 0.15) is 21.5 Å². The van der Waals surface area contributed by atoms with Crippen LogP contribution >= 0.6 is 11.3 Å². The zero-order valence-electron chi connectivity index (χ0n) is 17.4. The van der Waals surface area contributed by atoms with E-state index < -0.39 is 0 Å². The second kappa shape index (κ2) is 9.12. The van der Waals surface area contributed by atoms with Crippen LogP contribution in [0.4, 0.5) is 0 Å². The molecule has 0 atom stereocenters. The fourth-order valence-electron chi connectivity index (χ4n) is 3.70. The van der Waals surface area contributed by atoms with Gasteiger partial charge in [-0.25, -0.2) is 4.98 Å². The number of benzene rings is 3. The summed E-state index contributed by atoms with van der Waals surface area (Å²) in [7, 11) is 0. The van der Waals surface area contributed by atoms with E-state index in [0.29, 0.717) is 24.3 Å². The first-order valence-corrected chi connectivity index (χ1v) is 11.3. The van der Waals surface area contributed by atoms with E-state index in [2.05, 4.69) is 4.98 Å². The van der Waals surface area contributed by atoms with E-state index in [-0.39, 0.29) is 5.91 Å². The average molecular weight is 436 g/mol. The van der Waals surface area contributed by atoms with Crippen LogP contribution in [0.3, 0.4) is 0 Å². The van der Waals surface area contributed by atoms with Gasteiger partial charge in [-0.1, -0.05) is 72.8 Å². The lowest BCUT2D eigenvalue weighted by Gasteiger charge is -2.24. The second-order valence-corrected chi connectivity index (χ2v) is 8.55. The first-order chi connectivity index (χ1) is 15.8. The first-order valence-electron chi connectivity index (χ1n) is 10.5. The molecular formula is C27H21N3OS. The highest BCUT2D eigenvalue weighted by molar-refractivity contribution is 7.21. The Balaban J connectivity index is 1.53. The van der Waals surface area contributed by atoms with Crippen molar-refractivity contribution in [1.82, 2.24) is 14.9 Å². The smallest absolute Gasteiger partial charge is 0.256 e. The van der Waals surface area contributed by atoms with Gasteiger partial charge < -0.3 is 4.90 Å². The maximum atomic E-state index is 13.8. The number of carbonyl (C=O) groups excluding carboxylic acids is 1. The molecule has 5 rings (SSSR count). The van der Waals surface area contributed by atoms with Gasteiger partial charge in [0.05, 0.1) is 15.8 Å². The van der Waals surface area contributed by atoms with Crippen molar-refractivity contribution in [3.8, 4) is 10.7 Å². The SMILES string of the molecule is O=C(c1cccnc1-c1nc2ccccc2s1)N(Cc1ccccc1)Cc1ccccc1. The Morgan fingerprint density at radius 1 is 0.750 bits per heavy atom. The number of carbonyl (C=O) groups is 1. The summed E-state index contributed by atoms with van der Waals surface area (Å²) in [6.07, 6.45) is 1.72. The Bertz CT molecular complexity index is 1270. The van der Waals surface area contributed by atoms with Gasteiger partial charge in [0.1, 0.15) is 10.7 Å². The van der Waals surface area contributed by atoms with Crippen LogP contribution in [0.5, 0.6) is 0 Å². The number of hydrogen-bond acceptors (Lipinski definition) is 4. The third-order valence-corrected chi connectivity index (χ3v) is 6.30. The Kier molecular flexibility index (Phi) is 5.73. The van der Waals surface area contributed by atoms with Crippen LogP contribution in [-0.2, 0) is 13.1 Å². The predicted octanol–water partition coefficient (Wildman–Crippen LogP) is 6.20. The molecule has 0 saturated heterocycles. The summed E-state index contributed by atoms with van der Waals surface area (Å²) in [5.74, 6) is -0.0555. The van der Waals surface area contributed by atoms with Gasteiger partial charge in [0.2, 0.25) is 0 Å². The monoisotopic (exact) mass is 435 g/mol. The quantitative estimate of drug-likeness (QED) is 0.319. The second-order valence-electron chi connectivity index (χ2n) is 7.52. The fraction of sp³-hybridized carbons (Fsp3) is 0.0741. The van der Waals surface area contributed by atoms with E-state index in [1.165, 1.54) is 0 Å². The summed E-state index contributed by atoms with van der Waals surface area (Å²) in [6.45, 7) is 1.03. The molecule has 0 fully saturated rings. The number of nitrogens with zero attached hydrogens (tertiary/aromatic N) is 3. The summed E-state index contributed by atoms with van der Waals surface area (Å²) in [6, 6.07) is 31.8. The normalized spacial score (nSPS) is 10.9. The molecule has 2 heterocycles. The molecule has 156 valence electrons. The van der Waals surface area contributed by atoms with Gasteiger partial charge in [-0.2, -0.15) is 0 Å². The number of rotatable bonds is 6. The summed E-state index contributed by atoms with van der Waals surface area (Å²) < 4.78 is 1.08. The highest BCUT2D eigenvalue weighted by atomic mass is 32.1. The minimum atomic E-state index is -0.0555. The third-order valence-electron chi connectivity index (χ3n) is 5.25. The molecule has 0 aliphatic carbocycles. The number of amides is 1. The van der Waals surface area contributed by atoms with Crippen molar-refractivity contribution in [3.05, 3.63) is 120 Å². The van der Waals surface area contributed by atoms with Crippen molar-refractivity contribution in [3.63, 3.8) is 0 Å². The summed E-state index contributed by atoms with van der Waals surface area (Å²) in [4.78, 5) is 25.0. The number of para-hydroxylation sites is 1. The Morgan fingerprint density at radius 3 is 2.03 bits per heavy atom. The Morgan fingerprint density at radius 2 is 1.38 bits per heavy atom. The molecule has 0 radical (unpaired) electrons. The van der Waals surface area contributed by atoms with Crippen molar-refractivity contribution in [2.24, 2.45) is 0 Å². The Hall–Kier alpha value is -3.83. The lowest BCUT2D eigenvalue weighted by molar-refractivity contribution is 0.0730. The van der Waals surface area contributed by atoms with Crippen LogP contribution in [0.25, 0.3) is 20.9 Å². The van der Waals surface area contributed by atoms with E-state index in [1.807, 2.05) is 102 Å². The van der Waals surface area contributed by atoms with E-state index in [1.54, 1.807) is 17.5 Å². The number of hydrogen-bond donors (Lipinski definition) is 0. The topological polar surface area (TPSA) is 46.1 Å². The van der Waals surface area contributed by atoms with Crippen molar-refractivity contribution in [2.45, 2.75) is 13.1 Å². The molecule has 4 nitrogen and oxygen atoms in total. The van der Waals surface area contributed by atoms with Gasteiger partial charge in [-0.15, -0.1) is 11.3 Å². The number of thiazole rings is 1. The van der Waals surface area contributed by atoms with Crippen LogP contribution in [-0.4, -0.2) is 20.8 Å². The summed E-state index contributed by atoms with van der Waals surface area (Å²) in [5, 5.41) is 0.759. The maximum Gasteiger partial charge on any atom is 0.256 e. The zero-order chi connectivity index (χ0) is 21.8. The zero-order valence-corrected chi connectivity index (χ0v) is 18.2. The minimum absolute atomic E-state index is 0.0555. The number of fused-ring (bicyclic) bond motifs is 1. The van der Waals surface area contributed by atoms with Crippen molar-refractivity contribution >= 4 is 27.5 Å². The predicted molar refractivity (Wildman–Crippen MR) is 129 cm³/mol. The van der Waals surface area contributed by atoms with Crippen molar-refractivity contribution in [1.29, 1.82) is 0 Å². The average Bonchev–Trinajstić information content (AvgIpc) is 3.29. The third kappa shape index (κ3) is 4.29. The Labute approximate surface area is 190 Å². The van der Waals surface area contributed by atoms with Gasteiger partial charge in [0.25, 0.3) is 5.91 Å². The highest BCUT2D eigenvalue weighted by Crippen LogP contribution is 2.31. The highest BCUT2D eigenvalue weighted by Gasteiger charge is 2.22. The van der Waals surface area contributed by atoms with Crippen LogP contribution in [0, 0.1) is 0 Å². The molecule has 0 aliphatic heterocycles. The molecule has 1 amide bonds.